The molecule has 0 fully saturated rings. The zero-order chi connectivity index (χ0) is 11.5. The molecule has 1 radical (unpaired) electrons. The van der Waals surface area contributed by atoms with E-state index in [9.17, 15) is 0 Å². The minimum Gasteiger partial charge on any atom is -0.0628 e. The third-order valence-corrected chi connectivity index (χ3v) is 5.84. The molecule has 0 aliphatic heterocycles. The third-order valence-electron chi connectivity index (χ3n) is 3.10. The van der Waals surface area contributed by atoms with Crippen molar-refractivity contribution in [2.24, 2.45) is 0 Å². The van der Waals surface area contributed by atoms with Crippen LogP contribution in [0.1, 0.15) is 11.1 Å². The van der Waals surface area contributed by atoms with Crippen LogP contribution in [0.3, 0.4) is 0 Å². The van der Waals surface area contributed by atoms with Crippen LogP contribution in [0.15, 0.2) is 48.5 Å². The SMILES string of the molecule is Cc1ccccc1[Si](C)c1ccccc1C. The van der Waals surface area contributed by atoms with Crippen LogP contribution in [0.5, 0.6) is 0 Å². The van der Waals surface area contributed by atoms with E-state index in [2.05, 4.69) is 68.9 Å². The van der Waals surface area contributed by atoms with E-state index in [0.717, 1.165) is 0 Å². The molecule has 0 aliphatic rings. The molecule has 0 atom stereocenters. The van der Waals surface area contributed by atoms with Gasteiger partial charge in [-0.05, 0) is 13.8 Å². The van der Waals surface area contributed by atoms with Crippen LogP contribution >= 0.6 is 0 Å². The Labute approximate surface area is 99.6 Å². The highest BCUT2D eigenvalue weighted by Gasteiger charge is 2.13. The molecule has 0 aliphatic carbocycles. The van der Waals surface area contributed by atoms with E-state index in [1.807, 2.05) is 0 Å². The molecule has 1 heteroatoms. The van der Waals surface area contributed by atoms with Gasteiger partial charge in [0.1, 0.15) is 8.80 Å². The van der Waals surface area contributed by atoms with Crippen molar-refractivity contribution >= 4 is 19.2 Å². The average molecular weight is 225 g/mol. The fraction of sp³-hybridized carbons (Fsp3) is 0.200. The molecular formula is C15H17Si. The quantitative estimate of drug-likeness (QED) is 0.689. The second-order valence-electron chi connectivity index (χ2n) is 4.25. The minimum atomic E-state index is -0.605. The summed E-state index contributed by atoms with van der Waals surface area (Å²) in [5.41, 5.74) is 2.84. The summed E-state index contributed by atoms with van der Waals surface area (Å²) in [4.78, 5) is 0. The van der Waals surface area contributed by atoms with Gasteiger partial charge in [-0.3, -0.25) is 0 Å². The first-order chi connectivity index (χ1) is 7.70. The third kappa shape index (κ3) is 2.09. The highest BCUT2D eigenvalue weighted by molar-refractivity contribution is 6.84. The number of rotatable bonds is 2. The molecule has 2 aromatic carbocycles. The topological polar surface area (TPSA) is 0 Å². The summed E-state index contributed by atoms with van der Waals surface area (Å²) in [6.07, 6.45) is 0. The standard InChI is InChI=1S/C15H17Si/c1-12-8-4-6-10-14(12)16(3)15-11-7-5-9-13(15)2/h4-11H,1-3H3. The fourth-order valence-corrected chi connectivity index (χ4v) is 4.46. The van der Waals surface area contributed by atoms with Gasteiger partial charge in [0.25, 0.3) is 0 Å². The van der Waals surface area contributed by atoms with Gasteiger partial charge in [0.2, 0.25) is 0 Å². The molecule has 2 aromatic rings. The minimum absolute atomic E-state index is 0.605. The lowest BCUT2D eigenvalue weighted by Gasteiger charge is -2.15. The second kappa shape index (κ2) is 4.66. The van der Waals surface area contributed by atoms with Gasteiger partial charge in [0, 0.05) is 0 Å². The summed E-state index contributed by atoms with van der Waals surface area (Å²) < 4.78 is 0. The van der Waals surface area contributed by atoms with Crippen LogP contribution in [0.2, 0.25) is 6.55 Å². The summed E-state index contributed by atoms with van der Waals surface area (Å²) in [5.74, 6) is 0. The van der Waals surface area contributed by atoms with Gasteiger partial charge in [0.15, 0.2) is 0 Å². The molecule has 0 unspecified atom stereocenters. The number of hydrogen-bond acceptors (Lipinski definition) is 0. The predicted octanol–water partition coefficient (Wildman–Crippen LogP) is 2.54. The van der Waals surface area contributed by atoms with Gasteiger partial charge in [-0.15, -0.1) is 0 Å². The zero-order valence-corrected chi connectivity index (χ0v) is 11.1. The van der Waals surface area contributed by atoms with Gasteiger partial charge < -0.3 is 0 Å². The zero-order valence-electron chi connectivity index (χ0n) is 10.1. The van der Waals surface area contributed by atoms with E-state index in [1.165, 1.54) is 21.5 Å². The molecule has 0 saturated carbocycles. The Kier molecular flexibility index (Phi) is 3.25. The number of aryl methyl sites for hydroxylation is 2. The van der Waals surface area contributed by atoms with Crippen molar-refractivity contribution < 1.29 is 0 Å². The maximum Gasteiger partial charge on any atom is 0.118 e. The van der Waals surface area contributed by atoms with E-state index < -0.39 is 8.80 Å². The highest BCUT2D eigenvalue weighted by atomic mass is 28.3. The van der Waals surface area contributed by atoms with Crippen molar-refractivity contribution in [1.29, 1.82) is 0 Å². The monoisotopic (exact) mass is 225 g/mol. The molecule has 0 aromatic heterocycles. The van der Waals surface area contributed by atoms with Crippen LogP contribution in [-0.2, 0) is 0 Å². The van der Waals surface area contributed by atoms with Crippen molar-refractivity contribution in [3.05, 3.63) is 59.7 Å². The summed E-state index contributed by atoms with van der Waals surface area (Å²) in [6, 6.07) is 17.5. The Bertz CT molecular complexity index is 443. The van der Waals surface area contributed by atoms with E-state index in [1.54, 1.807) is 0 Å². The molecule has 0 spiro atoms. The molecule has 0 N–H and O–H groups in total. The van der Waals surface area contributed by atoms with Crippen molar-refractivity contribution in [2.45, 2.75) is 20.4 Å². The van der Waals surface area contributed by atoms with Gasteiger partial charge in [-0.1, -0.05) is 76.6 Å². The summed E-state index contributed by atoms with van der Waals surface area (Å²) in [5, 5.41) is 3.06. The van der Waals surface area contributed by atoms with Crippen molar-refractivity contribution in [1.82, 2.24) is 0 Å². The van der Waals surface area contributed by atoms with E-state index in [4.69, 9.17) is 0 Å². The molecule has 0 nitrogen and oxygen atoms in total. The van der Waals surface area contributed by atoms with E-state index in [-0.39, 0.29) is 0 Å². The number of hydrogen-bond donors (Lipinski definition) is 0. The first-order valence-electron chi connectivity index (χ1n) is 5.65. The van der Waals surface area contributed by atoms with E-state index >= 15 is 0 Å². The fourth-order valence-electron chi connectivity index (χ4n) is 2.13. The predicted molar refractivity (Wildman–Crippen MR) is 73.2 cm³/mol. The highest BCUT2D eigenvalue weighted by Crippen LogP contribution is 2.00. The number of benzene rings is 2. The second-order valence-corrected chi connectivity index (χ2v) is 6.58. The molecule has 16 heavy (non-hydrogen) atoms. The Balaban J connectivity index is 2.44. The lowest BCUT2D eigenvalue weighted by atomic mass is 10.2. The van der Waals surface area contributed by atoms with Crippen molar-refractivity contribution in [2.75, 3.05) is 0 Å². The van der Waals surface area contributed by atoms with Crippen LogP contribution < -0.4 is 10.4 Å². The van der Waals surface area contributed by atoms with Crippen molar-refractivity contribution in [3.8, 4) is 0 Å². The van der Waals surface area contributed by atoms with Crippen LogP contribution in [-0.4, -0.2) is 8.80 Å². The molecule has 0 amide bonds. The van der Waals surface area contributed by atoms with Gasteiger partial charge in [0.05, 0.1) is 0 Å². The Hall–Kier alpha value is -1.34. The maximum atomic E-state index is 2.38. The first kappa shape index (κ1) is 11.2. The molecule has 2 rings (SSSR count). The summed E-state index contributed by atoms with van der Waals surface area (Å²) in [6.45, 7) is 6.80. The van der Waals surface area contributed by atoms with Gasteiger partial charge in [-0.25, -0.2) is 0 Å². The molecule has 0 saturated heterocycles. The average Bonchev–Trinajstić information content (AvgIpc) is 2.29. The Morgan fingerprint density at radius 3 is 1.44 bits per heavy atom. The molecule has 0 heterocycles. The van der Waals surface area contributed by atoms with Crippen molar-refractivity contribution in [3.63, 3.8) is 0 Å². The smallest absolute Gasteiger partial charge is 0.0628 e. The normalized spacial score (nSPS) is 10.8. The molecule has 81 valence electrons. The Morgan fingerprint density at radius 2 is 1.06 bits per heavy atom. The lowest BCUT2D eigenvalue weighted by molar-refractivity contribution is 1.49. The van der Waals surface area contributed by atoms with E-state index in [0.29, 0.717) is 0 Å². The first-order valence-corrected chi connectivity index (χ1v) is 7.65. The van der Waals surface area contributed by atoms with Gasteiger partial charge >= 0.3 is 0 Å². The van der Waals surface area contributed by atoms with Crippen LogP contribution in [0, 0.1) is 13.8 Å². The van der Waals surface area contributed by atoms with Crippen LogP contribution in [0.25, 0.3) is 0 Å². The lowest BCUT2D eigenvalue weighted by Crippen LogP contribution is -2.41. The molecular weight excluding hydrogens is 208 g/mol. The van der Waals surface area contributed by atoms with Gasteiger partial charge in [-0.2, -0.15) is 0 Å². The largest absolute Gasteiger partial charge is 0.118 e. The Morgan fingerprint density at radius 1 is 0.688 bits per heavy atom. The summed E-state index contributed by atoms with van der Waals surface area (Å²) in [7, 11) is -0.605. The maximum absolute atomic E-state index is 2.38. The van der Waals surface area contributed by atoms with Crippen LogP contribution in [0.4, 0.5) is 0 Å². The summed E-state index contributed by atoms with van der Waals surface area (Å²) >= 11 is 0. The molecule has 0 bridgehead atoms.